The summed E-state index contributed by atoms with van der Waals surface area (Å²) in [5.41, 5.74) is 5.39. The molecule has 1 N–H and O–H groups in total. The number of esters is 1. The van der Waals surface area contributed by atoms with Crippen LogP contribution < -0.4 is 5.32 Å². The number of benzene rings is 3. The van der Waals surface area contributed by atoms with E-state index < -0.39 is 6.09 Å². The van der Waals surface area contributed by atoms with Gasteiger partial charge in [-0.05, 0) is 66.8 Å². The monoisotopic (exact) mass is 581 g/mol. The zero-order valence-corrected chi connectivity index (χ0v) is 24.7. The molecule has 3 aromatic carbocycles. The molecule has 0 spiro atoms. The van der Waals surface area contributed by atoms with Crippen LogP contribution in [0.3, 0.4) is 0 Å². The Morgan fingerprint density at radius 3 is 2.42 bits per heavy atom. The molecule has 0 unspecified atom stereocenters. The Morgan fingerprint density at radius 2 is 1.65 bits per heavy atom. The fraction of sp³-hybridized carbons (Fsp3) is 0.400. The van der Waals surface area contributed by atoms with Crippen molar-refractivity contribution >= 4 is 23.7 Å². The van der Waals surface area contributed by atoms with Gasteiger partial charge >= 0.3 is 12.1 Å². The Kier molecular flexibility index (Phi) is 8.74. The smallest absolute Gasteiger partial charge is 0.411 e. The highest BCUT2D eigenvalue weighted by Gasteiger charge is 2.42. The number of likely N-dealkylation sites (tertiary alicyclic amines) is 1. The van der Waals surface area contributed by atoms with Crippen molar-refractivity contribution in [2.24, 2.45) is 11.8 Å². The number of para-hydroxylation sites is 1. The van der Waals surface area contributed by atoms with Gasteiger partial charge in [-0.3, -0.25) is 14.9 Å². The predicted molar refractivity (Wildman–Crippen MR) is 165 cm³/mol. The van der Waals surface area contributed by atoms with Crippen LogP contribution in [-0.2, 0) is 27.1 Å². The lowest BCUT2D eigenvalue weighted by Crippen LogP contribution is -2.42. The lowest BCUT2D eigenvalue weighted by Gasteiger charge is -2.30. The second kappa shape index (κ2) is 13.0. The van der Waals surface area contributed by atoms with Crippen molar-refractivity contribution in [3.05, 3.63) is 89.5 Å². The van der Waals surface area contributed by atoms with E-state index in [1.165, 1.54) is 0 Å². The third-order valence-electron chi connectivity index (χ3n) is 8.98. The molecule has 43 heavy (non-hydrogen) atoms. The second-order valence-corrected chi connectivity index (χ2v) is 11.8. The van der Waals surface area contributed by atoms with Crippen molar-refractivity contribution in [2.75, 3.05) is 44.6 Å². The van der Waals surface area contributed by atoms with E-state index >= 15 is 0 Å². The summed E-state index contributed by atoms with van der Waals surface area (Å²) in [4.78, 5) is 42.3. The van der Waals surface area contributed by atoms with Crippen molar-refractivity contribution in [3.63, 3.8) is 0 Å². The highest BCUT2D eigenvalue weighted by atomic mass is 16.6. The summed E-state index contributed by atoms with van der Waals surface area (Å²) >= 11 is 0. The molecule has 8 nitrogen and oxygen atoms in total. The highest BCUT2D eigenvalue weighted by molar-refractivity contribution is 5.97. The number of carbonyl (C=O) groups excluding carboxylic acids is 3. The summed E-state index contributed by atoms with van der Waals surface area (Å²) in [5, 5.41) is 2.96. The number of hydrogen-bond donors (Lipinski definition) is 1. The summed E-state index contributed by atoms with van der Waals surface area (Å²) < 4.78 is 10.9. The van der Waals surface area contributed by atoms with Gasteiger partial charge in [-0.1, -0.05) is 60.7 Å². The van der Waals surface area contributed by atoms with Gasteiger partial charge in [0.05, 0.1) is 18.7 Å². The minimum absolute atomic E-state index is 0.0663. The first-order chi connectivity index (χ1) is 21.0. The van der Waals surface area contributed by atoms with E-state index in [0.717, 1.165) is 72.4 Å². The zero-order valence-electron chi connectivity index (χ0n) is 24.7. The van der Waals surface area contributed by atoms with Gasteiger partial charge in [0.15, 0.2) is 0 Å². The maximum Gasteiger partial charge on any atom is 0.411 e. The van der Waals surface area contributed by atoms with Crippen LogP contribution in [0.25, 0.3) is 11.1 Å². The van der Waals surface area contributed by atoms with Crippen molar-refractivity contribution in [1.29, 1.82) is 0 Å². The van der Waals surface area contributed by atoms with E-state index in [-0.39, 0.29) is 24.4 Å². The number of anilines is 1. The molecule has 8 heteroatoms. The fourth-order valence-electron chi connectivity index (χ4n) is 6.93. The molecule has 2 fully saturated rings. The SMILES string of the molecule is CCOC(=O)Cc1ccc2c(c1)CCN(CCN1C[C@H]3C[C@H](OC(=O)Nc4ccccc4-c4ccccc4)C[C@H]3C1)C2=O. The molecule has 3 atom stereocenters. The largest absolute Gasteiger partial charge is 0.466 e. The van der Waals surface area contributed by atoms with Crippen molar-refractivity contribution < 1.29 is 23.9 Å². The lowest BCUT2D eigenvalue weighted by atomic mass is 9.95. The molecule has 0 aromatic heterocycles. The maximum atomic E-state index is 13.2. The number of hydrogen-bond acceptors (Lipinski definition) is 6. The first-order valence-corrected chi connectivity index (χ1v) is 15.4. The van der Waals surface area contributed by atoms with Crippen LogP contribution in [-0.4, -0.2) is 73.2 Å². The molecule has 224 valence electrons. The Hall–Kier alpha value is -4.17. The normalized spacial score (nSPS) is 21.3. The minimum atomic E-state index is -0.401. The molecule has 1 saturated heterocycles. The van der Waals surface area contributed by atoms with E-state index in [4.69, 9.17) is 9.47 Å². The number of nitrogens with zero attached hydrogens (tertiary/aromatic N) is 2. The van der Waals surface area contributed by atoms with Crippen LogP contribution in [0.1, 0.15) is 41.3 Å². The molecule has 3 aromatic rings. The van der Waals surface area contributed by atoms with Crippen LogP contribution in [0.15, 0.2) is 72.8 Å². The first-order valence-electron chi connectivity index (χ1n) is 15.4. The van der Waals surface area contributed by atoms with Gasteiger partial charge in [-0.15, -0.1) is 0 Å². The lowest BCUT2D eigenvalue weighted by molar-refractivity contribution is -0.142. The Bertz CT molecular complexity index is 1460. The Morgan fingerprint density at radius 1 is 0.907 bits per heavy atom. The number of ether oxygens (including phenoxy) is 2. The van der Waals surface area contributed by atoms with Crippen molar-refractivity contribution in [1.82, 2.24) is 9.80 Å². The Labute approximate surface area is 253 Å². The summed E-state index contributed by atoms with van der Waals surface area (Å²) in [6.07, 6.45) is 2.30. The number of nitrogens with one attached hydrogen (secondary N) is 1. The molecule has 3 aliphatic rings. The molecule has 2 aliphatic heterocycles. The van der Waals surface area contributed by atoms with E-state index in [2.05, 4.69) is 10.2 Å². The van der Waals surface area contributed by atoms with Gasteiger partial charge in [-0.2, -0.15) is 0 Å². The minimum Gasteiger partial charge on any atom is -0.466 e. The van der Waals surface area contributed by atoms with Gasteiger partial charge < -0.3 is 19.3 Å². The second-order valence-electron chi connectivity index (χ2n) is 11.8. The molecule has 2 heterocycles. The molecule has 1 saturated carbocycles. The summed E-state index contributed by atoms with van der Waals surface area (Å²) in [6, 6.07) is 23.5. The van der Waals surface area contributed by atoms with Crippen molar-refractivity contribution in [3.8, 4) is 11.1 Å². The topological polar surface area (TPSA) is 88.2 Å². The third-order valence-corrected chi connectivity index (χ3v) is 8.98. The number of amides is 2. The van der Waals surface area contributed by atoms with Crippen LogP contribution in [0, 0.1) is 11.8 Å². The zero-order chi connectivity index (χ0) is 29.8. The number of fused-ring (bicyclic) bond motifs is 2. The van der Waals surface area contributed by atoms with Gasteiger partial charge in [0.25, 0.3) is 5.91 Å². The number of carbonyl (C=O) groups is 3. The average molecular weight is 582 g/mol. The van der Waals surface area contributed by atoms with Crippen LogP contribution in [0.4, 0.5) is 10.5 Å². The third kappa shape index (κ3) is 6.75. The standard InChI is InChI=1S/C35H39N3O5/c1-2-42-33(39)19-24-12-13-31-26(18-24)14-15-38(34(31)40)17-16-37-22-27-20-29(21-28(27)23-37)43-35(41)36-32-11-7-6-10-30(32)25-8-4-3-5-9-25/h3-13,18,27-29H,2,14-17,19-23H2,1H3,(H,36,41)/t27-,28+,29+. The quantitative estimate of drug-likeness (QED) is 0.340. The molecular weight excluding hydrogens is 542 g/mol. The van der Waals surface area contributed by atoms with Crippen LogP contribution in [0.5, 0.6) is 0 Å². The average Bonchev–Trinajstić information content (AvgIpc) is 3.56. The first kappa shape index (κ1) is 28.9. The van der Waals surface area contributed by atoms with Gasteiger partial charge in [-0.25, -0.2) is 4.79 Å². The maximum absolute atomic E-state index is 13.2. The van der Waals surface area contributed by atoms with Crippen LogP contribution in [0.2, 0.25) is 0 Å². The van der Waals surface area contributed by atoms with Crippen molar-refractivity contribution in [2.45, 2.75) is 38.7 Å². The summed E-state index contributed by atoms with van der Waals surface area (Å²) in [6.45, 7) is 6.34. The predicted octanol–water partition coefficient (Wildman–Crippen LogP) is 5.42. The molecule has 0 radical (unpaired) electrons. The van der Waals surface area contributed by atoms with E-state index in [1.807, 2.05) is 77.7 Å². The molecule has 2 amide bonds. The van der Waals surface area contributed by atoms with Gasteiger partial charge in [0.1, 0.15) is 6.10 Å². The van der Waals surface area contributed by atoms with E-state index in [1.54, 1.807) is 6.92 Å². The molecular formula is C35H39N3O5. The van der Waals surface area contributed by atoms with E-state index in [0.29, 0.717) is 31.5 Å². The summed E-state index contributed by atoms with van der Waals surface area (Å²) in [5.74, 6) is 0.832. The van der Waals surface area contributed by atoms with Gasteiger partial charge in [0, 0.05) is 43.9 Å². The molecule has 6 rings (SSSR count). The van der Waals surface area contributed by atoms with Crippen LogP contribution >= 0.6 is 0 Å². The molecule has 0 bridgehead atoms. The van der Waals surface area contributed by atoms with E-state index in [9.17, 15) is 14.4 Å². The Balaban J connectivity index is 0.956. The molecule has 1 aliphatic carbocycles. The van der Waals surface area contributed by atoms with Gasteiger partial charge in [0.2, 0.25) is 0 Å². The highest BCUT2D eigenvalue weighted by Crippen LogP contribution is 2.39. The summed E-state index contributed by atoms with van der Waals surface area (Å²) in [7, 11) is 0. The fourth-order valence-corrected chi connectivity index (χ4v) is 6.93. The number of rotatable bonds is 9.